The Labute approximate surface area is 104 Å². The molecule has 1 aromatic carbocycles. The summed E-state index contributed by atoms with van der Waals surface area (Å²) < 4.78 is 4.63. The highest BCUT2D eigenvalue weighted by molar-refractivity contribution is 5.99. The first kappa shape index (κ1) is 12.4. The Hall–Kier alpha value is -2.08. The lowest BCUT2D eigenvalue weighted by molar-refractivity contribution is -0.145. The fourth-order valence-corrected chi connectivity index (χ4v) is 1.97. The van der Waals surface area contributed by atoms with Gasteiger partial charge in [-0.2, -0.15) is 0 Å². The number of anilines is 1. The Balaban J connectivity index is 2.13. The summed E-state index contributed by atoms with van der Waals surface area (Å²) in [5.74, 6) is -0.629. The maximum atomic E-state index is 11.8. The second kappa shape index (κ2) is 5.05. The van der Waals surface area contributed by atoms with Gasteiger partial charge in [0.05, 0.1) is 13.0 Å². The molecule has 0 aromatic heterocycles. The Morgan fingerprint density at radius 2 is 2.06 bits per heavy atom. The summed E-state index contributed by atoms with van der Waals surface area (Å²) in [6.45, 7) is 0.310. The second-order valence-corrected chi connectivity index (χ2v) is 4.01. The van der Waals surface area contributed by atoms with E-state index in [0.29, 0.717) is 12.2 Å². The van der Waals surface area contributed by atoms with Crippen molar-refractivity contribution in [2.24, 2.45) is 5.92 Å². The minimum Gasteiger partial charge on any atom is -0.469 e. The van der Waals surface area contributed by atoms with Crippen LogP contribution in [0.2, 0.25) is 0 Å². The molecule has 1 heterocycles. The van der Waals surface area contributed by atoms with Crippen molar-refractivity contribution in [1.82, 2.24) is 0 Å². The molecule has 1 fully saturated rings. The quantitative estimate of drug-likeness (QED) is 0.494. The zero-order valence-corrected chi connectivity index (χ0v) is 9.83. The smallest absolute Gasteiger partial charge is 0.311 e. The van der Waals surface area contributed by atoms with Crippen LogP contribution >= 0.6 is 0 Å². The van der Waals surface area contributed by atoms with E-state index in [-0.39, 0.29) is 24.0 Å². The van der Waals surface area contributed by atoms with E-state index in [9.17, 15) is 9.59 Å². The van der Waals surface area contributed by atoms with Crippen molar-refractivity contribution in [3.8, 4) is 5.75 Å². The third-order valence-corrected chi connectivity index (χ3v) is 2.91. The van der Waals surface area contributed by atoms with E-state index in [0.717, 1.165) is 0 Å². The molecule has 0 saturated carbocycles. The lowest BCUT2D eigenvalue weighted by atomic mass is 10.1. The van der Waals surface area contributed by atoms with E-state index in [2.05, 4.69) is 9.62 Å². The molecule has 1 amide bonds. The van der Waals surface area contributed by atoms with Gasteiger partial charge in [-0.25, -0.2) is 5.26 Å². The van der Waals surface area contributed by atoms with Crippen LogP contribution in [0, 0.1) is 5.92 Å². The average molecular weight is 251 g/mol. The van der Waals surface area contributed by atoms with Crippen LogP contribution in [0.1, 0.15) is 6.42 Å². The summed E-state index contributed by atoms with van der Waals surface area (Å²) in [4.78, 5) is 28.8. The molecular formula is C12H13NO5. The highest BCUT2D eigenvalue weighted by atomic mass is 17.1. The number of esters is 1. The van der Waals surface area contributed by atoms with E-state index in [1.165, 1.54) is 24.1 Å². The monoisotopic (exact) mass is 251 g/mol. The van der Waals surface area contributed by atoms with Crippen LogP contribution in [-0.4, -0.2) is 30.8 Å². The van der Waals surface area contributed by atoms with E-state index in [1.54, 1.807) is 12.1 Å². The van der Waals surface area contributed by atoms with Crippen molar-refractivity contribution in [3.05, 3.63) is 24.3 Å². The third-order valence-electron chi connectivity index (χ3n) is 2.91. The van der Waals surface area contributed by atoms with Crippen molar-refractivity contribution < 1.29 is 24.5 Å². The molecule has 1 atom stereocenters. The van der Waals surface area contributed by atoms with Gasteiger partial charge in [0.25, 0.3) is 0 Å². The van der Waals surface area contributed by atoms with E-state index < -0.39 is 5.92 Å². The summed E-state index contributed by atoms with van der Waals surface area (Å²) >= 11 is 0. The predicted molar refractivity (Wildman–Crippen MR) is 62.2 cm³/mol. The van der Waals surface area contributed by atoms with Gasteiger partial charge in [0.15, 0.2) is 5.75 Å². The Morgan fingerprint density at radius 1 is 1.39 bits per heavy atom. The van der Waals surface area contributed by atoms with Gasteiger partial charge in [0, 0.05) is 18.7 Å². The standard InChI is InChI=1S/C12H13NO5/c1-17-12(15)8-6-11(14)13(7-8)9-2-4-10(18-16)5-3-9/h2-5,8,16H,6-7H2,1H3/t8-/m0/s1. The maximum Gasteiger partial charge on any atom is 0.311 e. The number of nitrogens with zero attached hydrogens (tertiary/aromatic N) is 1. The zero-order chi connectivity index (χ0) is 13.1. The molecule has 0 spiro atoms. The van der Waals surface area contributed by atoms with Crippen molar-refractivity contribution in [3.63, 3.8) is 0 Å². The molecule has 0 bridgehead atoms. The number of hydrogen-bond donors (Lipinski definition) is 1. The first-order chi connectivity index (χ1) is 8.65. The molecule has 6 heteroatoms. The number of rotatable bonds is 3. The number of methoxy groups -OCH3 is 1. The van der Waals surface area contributed by atoms with E-state index in [4.69, 9.17) is 5.26 Å². The van der Waals surface area contributed by atoms with Crippen LogP contribution in [-0.2, 0) is 14.3 Å². The molecule has 1 N–H and O–H groups in total. The number of benzene rings is 1. The van der Waals surface area contributed by atoms with Gasteiger partial charge in [0.2, 0.25) is 5.91 Å². The minimum absolute atomic E-state index is 0.122. The fourth-order valence-electron chi connectivity index (χ4n) is 1.97. The van der Waals surface area contributed by atoms with Gasteiger partial charge in [-0.05, 0) is 24.3 Å². The first-order valence-electron chi connectivity index (χ1n) is 5.45. The molecule has 1 saturated heterocycles. The number of carbonyl (C=O) groups is 2. The molecule has 2 rings (SSSR count). The van der Waals surface area contributed by atoms with Crippen molar-refractivity contribution >= 4 is 17.6 Å². The summed E-state index contributed by atoms with van der Waals surface area (Å²) in [7, 11) is 1.31. The SMILES string of the molecule is COC(=O)[C@H]1CC(=O)N(c2ccc(OO)cc2)C1. The molecule has 0 unspecified atom stereocenters. The highest BCUT2D eigenvalue weighted by Gasteiger charge is 2.35. The van der Waals surface area contributed by atoms with Gasteiger partial charge in [-0.3, -0.25) is 9.59 Å². The van der Waals surface area contributed by atoms with Crippen LogP contribution in [0.3, 0.4) is 0 Å². The minimum atomic E-state index is -0.420. The zero-order valence-electron chi connectivity index (χ0n) is 9.83. The number of carbonyl (C=O) groups excluding carboxylic acids is 2. The van der Waals surface area contributed by atoms with Gasteiger partial charge < -0.3 is 14.5 Å². The second-order valence-electron chi connectivity index (χ2n) is 4.01. The third kappa shape index (κ3) is 2.28. The van der Waals surface area contributed by atoms with Crippen LogP contribution < -0.4 is 9.79 Å². The van der Waals surface area contributed by atoms with Crippen molar-refractivity contribution in [2.45, 2.75) is 6.42 Å². The number of amides is 1. The normalized spacial score (nSPS) is 18.9. The topological polar surface area (TPSA) is 76.1 Å². The summed E-state index contributed by atoms with van der Waals surface area (Å²) in [6, 6.07) is 6.36. The predicted octanol–water partition coefficient (Wildman–Crippen LogP) is 1.06. The first-order valence-corrected chi connectivity index (χ1v) is 5.45. The van der Waals surface area contributed by atoms with Gasteiger partial charge in [0.1, 0.15) is 0 Å². The van der Waals surface area contributed by atoms with Crippen molar-refractivity contribution in [2.75, 3.05) is 18.6 Å². The summed E-state index contributed by atoms with van der Waals surface area (Å²) in [5.41, 5.74) is 0.659. The summed E-state index contributed by atoms with van der Waals surface area (Å²) in [5, 5.41) is 8.45. The number of hydrogen-bond acceptors (Lipinski definition) is 5. The molecule has 0 radical (unpaired) electrons. The summed E-state index contributed by atoms with van der Waals surface area (Å²) in [6.07, 6.45) is 0.158. The van der Waals surface area contributed by atoms with Gasteiger partial charge in [-0.15, -0.1) is 0 Å². The molecule has 96 valence electrons. The molecule has 6 nitrogen and oxygen atoms in total. The largest absolute Gasteiger partial charge is 0.469 e. The van der Waals surface area contributed by atoms with Crippen LogP contribution in [0.4, 0.5) is 5.69 Å². The highest BCUT2D eigenvalue weighted by Crippen LogP contribution is 2.27. The molecule has 1 aliphatic heterocycles. The van der Waals surface area contributed by atoms with E-state index in [1.807, 2.05) is 0 Å². The van der Waals surface area contributed by atoms with Crippen LogP contribution in [0.15, 0.2) is 24.3 Å². The molecule has 18 heavy (non-hydrogen) atoms. The van der Waals surface area contributed by atoms with Crippen molar-refractivity contribution in [1.29, 1.82) is 0 Å². The van der Waals surface area contributed by atoms with Gasteiger partial charge >= 0.3 is 5.97 Å². The lowest BCUT2D eigenvalue weighted by Gasteiger charge is -2.16. The fraction of sp³-hybridized carbons (Fsp3) is 0.333. The Morgan fingerprint density at radius 3 is 2.61 bits per heavy atom. The molecule has 0 aliphatic carbocycles. The van der Waals surface area contributed by atoms with Gasteiger partial charge in [-0.1, -0.05) is 0 Å². The lowest BCUT2D eigenvalue weighted by Crippen LogP contribution is -2.26. The average Bonchev–Trinajstić information content (AvgIpc) is 2.80. The van der Waals surface area contributed by atoms with Crippen LogP contribution in [0.25, 0.3) is 0 Å². The molecule has 1 aliphatic rings. The number of ether oxygens (including phenoxy) is 1. The Bertz CT molecular complexity index is 456. The molecule has 1 aromatic rings. The van der Waals surface area contributed by atoms with E-state index >= 15 is 0 Å². The van der Waals surface area contributed by atoms with Crippen LogP contribution in [0.5, 0.6) is 5.75 Å². The maximum absolute atomic E-state index is 11.8. The Kier molecular flexibility index (Phi) is 3.47. The molecular weight excluding hydrogens is 238 g/mol.